The summed E-state index contributed by atoms with van der Waals surface area (Å²) >= 11 is 1.35. The van der Waals surface area contributed by atoms with Crippen LogP contribution < -0.4 is 0 Å². The Balaban J connectivity index is 1.64. The van der Waals surface area contributed by atoms with Crippen molar-refractivity contribution in [2.75, 3.05) is 13.1 Å². The summed E-state index contributed by atoms with van der Waals surface area (Å²) in [4.78, 5) is 28.8. The van der Waals surface area contributed by atoms with E-state index in [1.165, 1.54) is 24.2 Å². The molecule has 0 aromatic carbocycles. The minimum absolute atomic E-state index is 0.0439. The Morgan fingerprint density at radius 1 is 1.32 bits per heavy atom. The molecule has 0 radical (unpaired) electrons. The number of nitrogens with one attached hydrogen (secondary N) is 1. The zero-order valence-corrected chi connectivity index (χ0v) is 12.8. The number of hydrogen-bond donors (Lipinski definition) is 2. The summed E-state index contributed by atoms with van der Waals surface area (Å²) in [6.45, 7) is 1.41. The standard InChI is InChI=1S/C16H16N2O3S/c19-14(18-6-2-1-3-16(9-18)4-5-16)11-7-12-13(17-11)10(8-22-12)15(20)21/h1-2,7-8,17H,3-6,9H2,(H,20,21). The zero-order valence-electron chi connectivity index (χ0n) is 12.0. The molecule has 6 heteroatoms. The van der Waals surface area contributed by atoms with Crippen molar-refractivity contribution in [2.24, 2.45) is 5.41 Å². The predicted molar refractivity (Wildman–Crippen MR) is 84.5 cm³/mol. The molecule has 4 rings (SSSR count). The van der Waals surface area contributed by atoms with Crippen molar-refractivity contribution in [3.8, 4) is 0 Å². The number of nitrogens with zero attached hydrogens (tertiary/aromatic N) is 1. The van der Waals surface area contributed by atoms with Crippen LogP contribution in [0.1, 0.15) is 40.1 Å². The Morgan fingerprint density at radius 2 is 2.14 bits per heavy atom. The molecule has 3 heterocycles. The maximum absolute atomic E-state index is 12.7. The second-order valence-corrected chi connectivity index (χ2v) is 7.15. The van der Waals surface area contributed by atoms with Crippen molar-refractivity contribution >= 4 is 33.4 Å². The number of H-pyrrole nitrogens is 1. The molecule has 0 unspecified atom stereocenters. The molecule has 1 saturated carbocycles. The first-order valence-electron chi connectivity index (χ1n) is 7.36. The number of hydrogen-bond acceptors (Lipinski definition) is 3. The average molecular weight is 316 g/mol. The van der Waals surface area contributed by atoms with Gasteiger partial charge in [0.05, 0.1) is 15.8 Å². The van der Waals surface area contributed by atoms with Crippen LogP contribution in [0.2, 0.25) is 0 Å². The molecule has 0 atom stereocenters. The third-order valence-corrected chi connectivity index (χ3v) is 5.56. The second-order valence-electron chi connectivity index (χ2n) is 6.24. The molecule has 1 aliphatic heterocycles. The van der Waals surface area contributed by atoms with E-state index in [0.29, 0.717) is 23.2 Å². The molecule has 1 spiro atoms. The lowest BCUT2D eigenvalue weighted by molar-refractivity contribution is 0.0696. The zero-order chi connectivity index (χ0) is 15.3. The van der Waals surface area contributed by atoms with Gasteiger partial charge < -0.3 is 15.0 Å². The number of fused-ring (bicyclic) bond motifs is 1. The van der Waals surface area contributed by atoms with Gasteiger partial charge >= 0.3 is 5.97 Å². The van der Waals surface area contributed by atoms with Crippen LogP contribution in [0, 0.1) is 5.41 Å². The third-order valence-electron chi connectivity index (χ3n) is 4.63. The normalized spacial score (nSPS) is 19.5. The van der Waals surface area contributed by atoms with Gasteiger partial charge in [-0.1, -0.05) is 12.2 Å². The molecule has 2 N–H and O–H groups in total. The van der Waals surface area contributed by atoms with Gasteiger partial charge in [0.2, 0.25) is 0 Å². The lowest BCUT2D eigenvalue weighted by Crippen LogP contribution is -2.35. The lowest BCUT2D eigenvalue weighted by Gasteiger charge is -2.23. The van der Waals surface area contributed by atoms with Gasteiger partial charge in [-0.2, -0.15) is 0 Å². The highest BCUT2D eigenvalue weighted by atomic mass is 32.1. The fourth-order valence-corrected chi connectivity index (χ4v) is 4.04. The van der Waals surface area contributed by atoms with Crippen LogP contribution in [0.25, 0.3) is 10.2 Å². The number of aromatic nitrogens is 1. The minimum atomic E-state index is -0.971. The van der Waals surface area contributed by atoms with E-state index >= 15 is 0 Å². The first-order chi connectivity index (χ1) is 10.6. The Morgan fingerprint density at radius 3 is 2.86 bits per heavy atom. The fourth-order valence-electron chi connectivity index (χ4n) is 3.12. The number of thiophene rings is 1. The number of carbonyl (C=O) groups excluding carboxylic acids is 1. The summed E-state index contributed by atoms with van der Waals surface area (Å²) in [5.74, 6) is -1.01. The molecule has 2 aliphatic rings. The number of aromatic carboxylic acids is 1. The highest BCUT2D eigenvalue weighted by Gasteiger charge is 2.44. The van der Waals surface area contributed by atoms with E-state index in [-0.39, 0.29) is 11.5 Å². The summed E-state index contributed by atoms with van der Waals surface area (Å²) in [6, 6.07) is 1.77. The van der Waals surface area contributed by atoms with E-state index in [1.807, 2.05) is 4.90 Å². The van der Waals surface area contributed by atoms with Crippen LogP contribution in [-0.2, 0) is 0 Å². The van der Waals surface area contributed by atoms with Crippen molar-refractivity contribution in [3.05, 3.63) is 34.9 Å². The second kappa shape index (κ2) is 4.71. The third kappa shape index (κ3) is 2.14. The van der Waals surface area contributed by atoms with Crippen molar-refractivity contribution in [2.45, 2.75) is 19.3 Å². The van der Waals surface area contributed by atoms with Crippen LogP contribution in [0.3, 0.4) is 0 Å². The lowest BCUT2D eigenvalue weighted by atomic mass is 10.0. The van der Waals surface area contributed by atoms with E-state index in [4.69, 9.17) is 5.11 Å². The Bertz CT molecular complexity index is 798. The van der Waals surface area contributed by atoms with Gasteiger partial charge in [0.1, 0.15) is 5.69 Å². The van der Waals surface area contributed by atoms with Crippen molar-refractivity contribution < 1.29 is 14.7 Å². The molecule has 2 aromatic rings. The number of carbonyl (C=O) groups is 2. The highest BCUT2D eigenvalue weighted by Crippen LogP contribution is 2.50. The van der Waals surface area contributed by atoms with Gasteiger partial charge in [0, 0.05) is 18.5 Å². The predicted octanol–water partition coefficient (Wildman–Crippen LogP) is 3.11. The first kappa shape index (κ1) is 13.6. The summed E-state index contributed by atoms with van der Waals surface area (Å²) < 4.78 is 0.812. The van der Waals surface area contributed by atoms with Crippen LogP contribution in [-0.4, -0.2) is 40.0 Å². The van der Waals surface area contributed by atoms with Crippen LogP contribution in [0.4, 0.5) is 0 Å². The number of aromatic amines is 1. The molecule has 1 amide bonds. The molecule has 5 nitrogen and oxygen atoms in total. The molecular weight excluding hydrogens is 300 g/mol. The molecule has 1 fully saturated rings. The summed E-state index contributed by atoms with van der Waals surface area (Å²) in [7, 11) is 0. The number of carboxylic acid groups (broad SMARTS) is 1. The maximum atomic E-state index is 12.7. The number of amides is 1. The minimum Gasteiger partial charge on any atom is -0.478 e. The highest BCUT2D eigenvalue weighted by molar-refractivity contribution is 7.17. The monoisotopic (exact) mass is 316 g/mol. The summed E-state index contributed by atoms with van der Waals surface area (Å²) in [5, 5.41) is 10.8. The molecule has 1 aliphatic carbocycles. The van der Waals surface area contributed by atoms with E-state index in [2.05, 4.69) is 17.1 Å². The molecule has 114 valence electrons. The summed E-state index contributed by atoms with van der Waals surface area (Å²) in [6.07, 6.45) is 7.66. The maximum Gasteiger partial charge on any atom is 0.338 e. The fraction of sp³-hybridized carbons (Fsp3) is 0.375. The molecular formula is C16H16N2O3S. The molecule has 0 bridgehead atoms. The smallest absolute Gasteiger partial charge is 0.338 e. The first-order valence-corrected chi connectivity index (χ1v) is 8.24. The molecule has 2 aromatic heterocycles. The number of carboxylic acids is 1. The quantitative estimate of drug-likeness (QED) is 0.836. The van der Waals surface area contributed by atoms with Gasteiger partial charge in [-0.3, -0.25) is 4.79 Å². The average Bonchev–Trinajstić information content (AvgIpc) is 3.02. The SMILES string of the molecule is O=C(O)c1csc2cc(C(=O)N3CC=CCC4(CC4)C3)[nH]c12. The van der Waals surface area contributed by atoms with E-state index < -0.39 is 5.97 Å². The van der Waals surface area contributed by atoms with Gasteiger partial charge in [-0.05, 0) is 30.7 Å². The van der Waals surface area contributed by atoms with Gasteiger partial charge in [0.25, 0.3) is 5.91 Å². The van der Waals surface area contributed by atoms with E-state index in [1.54, 1.807) is 11.4 Å². The van der Waals surface area contributed by atoms with Crippen molar-refractivity contribution in [3.63, 3.8) is 0 Å². The summed E-state index contributed by atoms with van der Waals surface area (Å²) in [5.41, 5.74) is 1.55. The van der Waals surface area contributed by atoms with Crippen molar-refractivity contribution in [1.29, 1.82) is 0 Å². The van der Waals surface area contributed by atoms with Crippen LogP contribution in [0.5, 0.6) is 0 Å². The number of allylic oxidation sites excluding steroid dienone is 1. The number of rotatable bonds is 2. The van der Waals surface area contributed by atoms with E-state index in [0.717, 1.165) is 17.7 Å². The topological polar surface area (TPSA) is 73.4 Å². The van der Waals surface area contributed by atoms with Gasteiger partial charge in [-0.25, -0.2) is 4.79 Å². The van der Waals surface area contributed by atoms with Gasteiger partial charge in [0.15, 0.2) is 0 Å². The molecule has 22 heavy (non-hydrogen) atoms. The van der Waals surface area contributed by atoms with Crippen LogP contribution >= 0.6 is 11.3 Å². The Hall–Kier alpha value is -2.08. The van der Waals surface area contributed by atoms with E-state index in [9.17, 15) is 9.59 Å². The van der Waals surface area contributed by atoms with Crippen LogP contribution in [0.15, 0.2) is 23.6 Å². The molecule has 0 saturated heterocycles. The Kier molecular flexibility index (Phi) is 2.91. The van der Waals surface area contributed by atoms with Gasteiger partial charge in [-0.15, -0.1) is 11.3 Å². The largest absolute Gasteiger partial charge is 0.478 e. The van der Waals surface area contributed by atoms with Crippen molar-refractivity contribution in [1.82, 2.24) is 9.88 Å². The Labute approximate surface area is 131 Å².